The molecule has 4 atom stereocenters. The molecule has 2 aliphatic carbocycles. The highest BCUT2D eigenvalue weighted by Crippen LogP contribution is 2.55. The normalized spacial score (nSPS) is 28.2. The van der Waals surface area contributed by atoms with Gasteiger partial charge in [-0.15, -0.1) is 0 Å². The first-order valence-corrected chi connectivity index (χ1v) is 13.2. The molecular weight excluding hydrogens is 454 g/mol. The summed E-state index contributed by atoms with van der Waals surface area (Å²) in [7, 11) is 3.36. The van der Waals surface area contributed by atoms with Crippen LogP contribution in [0.2, 0.25) is 0 Å². The number of Topliss-reactive ketones (excluding diaryl/α,β-unsaturated/α-hetero) is 1. The molecule has 6 nitrogen and oxygen atoms in total. The van der Waals surface area contributed by atoms with Crippen LogP contribution < -0.4 is 14.2 Å². The first-order valence-electron chi connectivity index (χ1n) is 13.2. The summed E-state index contributed by atoms with van der Waals surface area (Å²) in [4.78, 5) is 15.4. The summed E-state index contributed by atoms with van der Waals surface area (Å²) in [6.07, 6.45) is 9.07. The van der Waals surface area contributed by atoms with Gasteiger partial charge in [-0.3, -0.25) is 9.69 Å². The van der Waals surface area contributed by atoms with Crippen LogP contribution in [0.5, 0.6) is 17.2 Å². The molecule has 1 spiro atoms. The van der Waals surface area contributed by atoms with Crippen molar-refractivity contribution in [2.24, 2.45) is 5.92 Å². The van der Waals surface area contributed by atoms with Gasteiger partial charge in [-0.1, -0.05) is 24.6 Å². The second-order valence-electron chi connectivity index (χ2n) is 10.8. The molecular formula is C30H35NO5. The fourth-order valence-corrected chi connectivity index (χ4v) is 6.83. The van der Waals surface area contributed by atoms with Crippen molar-refractivity contribution >= 4 is 5.78 Å². The van der Waals surface area contributed by atoms with Crippen molar-refractivity contribution in [3.05, 3.63) is 64.7 Å². The Labute approximate surface area is 212 Å². The Morgan fingerprint density at radius 1 is 1.14 bits per heavy atom. The number of ether oxygens (including phenoxy) is 3. The number of nitrogens with zero attached hydrogens (tertiary/aromatic N) is 1. The molecule has 0 radical (unpaired) electrons. The summed E-state index contributed by atoms with van der Waals surface area (Å²) >= 11 is 0. The van der Waals surface area contributed by atoms with Crippen LogP contribution >= 0.6 is 0 Å². The monoisotopic (exact) mass is 489 g/mol. The zero-order chi connectivity index (χ0) is 24.9. The van der Waals surface area contributed by atoms with Crippen molar-refractivity contribution < 1.29 is 24.1 Å². The number of carbonyl (C=O) groups excluding carboxylic acids is 1. The van der Waals surface area contributed by atoms with Gasteiger partial charge in [0.05, 0.1) is 25.7 Å². The van der Waals surface area contributed by atoms with Gasteiger partial charge in [0.1, 0.15) is 11.9 Å². The number of methoxy groups -OCH3 is 2. The highest BCUT2D eigenvalue weighted by molar-refractivity contribution is 6.02. The Balaban J connectivity index is 1.11. The van der Waals surface area contributed by atoms with Gasteiger partial charge in [0, 0.05) is 30.0 Å². The average molecular weight is 490 g/mol. The minimum absolute atomic E-state index is 0.0591. The SMILES string of the molecule is COc1ccc2c(c1)CC(CCCCN1CCC34C=C[C@H](O)C[C@H]3Oc3c(OC)ccc(c34)C1)C2=O. The Morgan fingerprint density at radius 3 is 2.86 bits per heavy atom. The lowest BCUT2D eigenvalue weighted by Crippen LogP contribution is -2.43. The summed E-state index contributed by atoms with van der Waals surface area (Å²) in [5.41, 5.74) is 4.35. The van der Waals surface area contributed by atoms with Crippen LogP contribution in [0.25, 0.3) is 0 Å². The van der Waals surface area contributed by atoms with E-state index >= 15 is 0 Å². The van der Waals surface area contributed by atoms with Crippen molar-refractivity contribution in [2.75, 3.05) is 27.3 Å². The standard InChI is InChI=1S/C30H35NO5/c1-34-23-7-8-24-21(16-23)15-19(28(24)33)5-3-4-13-31-14-12-30-11-10-22(32)17-26(30)36-29-25(35-2)9-6-20(18-31)27(29)30/h6-11,16,19,22,26,32H,3-5,12-15,17-18H2,1-2H3/t19?,22-,26+,30?/m0/s1. The topological polar surface area (TPSA) is 68.2 Å². The van der Waals surface area contributed by atoms with Crippen LogP contribution in [0.3, 0.4) is 0 Å². The maximum absolute atomic E-state index is 12.9. The molecule has 36 heavy (non-hydrogen) atoms. The molecule has 190 valence electrons. The number of rotatable bonds is 7. The second-order valence-corrected chi connectivity index (χ2v) is 10.8. The van der Waals surface area contributed by atoms with Gasteiger partial charge in [0.15, 0.2) is 17.3 Å². The number of carbonyl (C=O) groups is 1. The Bertz CT molecular complexity index is 1210. The number of aliphatic hydroxyl groups excluding tert-OH is 1. The van der Waals surface area contributed by atoms with E-state index in [9.17, 15) is 9.90 Å². The molecule has 0 bridgehead atoms. The number of benzene rings is 2. The van der Waals surface area contributed by atoms with E-state index in [0.717, 1.165) is 80.1 Å². The first-order chi connectivity index (χ1) is 17.5. The van der Waals surface area contributed by atoms with E-state index in [1.807, 2.05) is 30.3 Å². The third-order valence-electron chi connectivity index (χ3n) is 8.73. The van der Waals surface area contributed by atoms with E-state index < -0.39 is 6.10 Å². The van der Waals surface area contributed by atoms with Crippen molar-refractivity contribution in [3.8, 4) is 17.2 Å². The molecule has 2 aliphatic heterocycles. The lowest BCUT2D eigenvalue weighted by molar-refractivity contribution is 0.0809. The Morgan fingerprint density at radius 2 is 2.03 bits per heavy atom. The van der Waals surface area contributed by atoms with Crippen LogP contribution in [0, 0.1) is 5.92 Å². The molecule has 0 fully saturated rings. The molecule has 2 aromatic rings. The molecule has 0 saturated heterocycles. The van der Waals surface area contributed by atoms with Crippen molar-refractivity contribution in [1.29, 1.82) is 0 Å². The number of fused-ring (bicyclic) bond motifs is 1. The van der Waals surface area contributed by atoms with Gasteiger partial charge in [0.25, 0.3) is 0 Å². The van der Waals surface area contributed by atoms with E-state index in [4.69, 9.17) is 14.2 Å². The minimum atomic E-state index is -0.464. The van der Waals surface area contributed by atoms with Crippen molar-refractivity contribution in [2.45, 2.75) is 62.7 Å². The molecule has 6 heteroatoms. The third kappa shape index (κ3) is 3.82. The van der Waals surface area contributed by atoms with E-state index in [2.05, 4.69) is 17.0 Å². The maximum atomic E-state index is 12.9. The molecule has 1 N–H and O–H groups in total. The van der Waals surface area contributed by atoms with Crippen LogP contribution in [-0.4, -0.2) is 55.3 Å². The average Bonchev–Trinajstić information content (AvgIpc) is 3.33. The lowest BCUT2D eigenvalue weighted by atomic mass is 9.69. The van der Waals surface area contributed by atoms with Crippen LogP contribution in [0.1, 0.15) is 59.2 Å². The predicted octanol–water partition coefficient (Wildman–Crippen LogP) is 4.45. The molecule has 2 unspecified atom stereocenters. The van der Waals surface area contributed by atoms with Crippen molar-refractivity contribution in [1.82, 2.24) is 4.90 Å². The number of hydrogen-bond donors (Lipinski definition) is 1. The number of ketones is 1. The molecule has 0 aromatic heterocycles. The highest BCUT2D eigenvalue weighted by atomic mass is 16.5. The Kier molecular flexibility index (Phi) is 6.05. The summed E-state index contributed by atoms with van der Waals surface area (Å²) in [6, 6.07) is 10.0. The smallest absolute Gasteiger partial charge is 0.166 e. The van der Waals surface area contributed by atoms with Crippen LogP contribution in [0.15, 0.2) is 42.5 Å². The van der Waals surface area contributed by atoms with Gasteiger partial charge in [0.2, 0.25) is 0 Å². The maximum Gasteiger partial charge on any atom is 0.166 e. The van der Waals surface area contributed by atoms with Crippen LogP contribution in [0.4, 0.5) is 0 Å². The third-order valence-corrected chi connectivity index (χ3v) is 8.73. The second kappa shape index (κ2) is 9.24. The lowest BCUT2D eigenvalue weighted by Gasteiger charge is -2.36. The van der Waals surface area contributed by atoms with Gasteiger partial charge >= 0.3 is 0 Å². The van der Waals surface area contributed by atoms with Crippen molar-refractivity contribution in [3.63, 3.8) is 0 Å². The molecule has 0 saturated carbocycles. The number of aliphatic hydroxyl groups is 1. The largest absolute Gasteiger partial charge is 0.497 e. The van der Waals surface area contributed by atoms with Gasteiger partial charge in [-0.05, 0) is 74.2 Å². The molecule has 4 aliphatic rings. The highest BCUT2D eigenvalue weighted by Gasteiger charge is 2.52. The first kappa shape index (κ1) is 23.6. The number of hydrogen-bond acceptors (Lipinski definition) is 6. The number of unbranched alkanes of at least 4 members (excludes halogenated alkanes) is 1. The van der Waals surface area contributed by atoms with Crippen LogP contribution in [-0.2, 0) is 18.4 Å². The van der Waals surface area contributed by atoms with Gasteiger partial charge in [-0.2, -0.15) is 0 Å². The van der Waals surface area contributed by atoms with E-state index in [0.29, 0.717) is 12.2 Å². The molecule has 6 rings (SSSR count). The molecule has 2 aromatic carbocycles. The quantitative estimate of drug-likeness (QED) is 0.458. The summed E-state index contributed by atoms with van der Waals surface area (Å²) in [6.45, 7) is 2.87. The Hall–Kier alpha value is -2.83. The predicted molar refractivity (Wildman–Crippen MR) is 137 cm³/mol. The van der Waals surface area contributed by atoms with E-state index in [1.54, 1.807) is 14.2 Å². The minimum Gasteiger partial charge on any atom is -0.497 e. The summed E-state index contributed by atoms with van der Waals surface area (Å²) < 4.78 is 17.4. The van der Waals surface area contributed by atoms with E-state index in [-0.39, 0.29) is 17.4 Å². The zero-order valence-corrected chi connectivity index (χ0v) is 21.2. The molecule has 0 amide bonds. The van der Waals surface area contributed by atoms with Gasteiger partial charge < -0.3 is 19.3 Å². The zero-order valence-electron chi connectivity index (χ0n) is 21.2. The fraction of sp³-hybridized carbons (Fsp3) is 0.500. The van der Waals surface area contributed by atoms with E-state index in [1.165, 1.54) is 11.1 Å². The molecule has 2 heterocycles. The van der Waals surface area contributed by atoms with Gasteiger partial charge in [-0.25, -0.2) is 0 Å². The summed E-state index contributed by atoms with van der Waals surface area (Å²) in [5.74, 6) is 2.84. The summed E-state index contributed by atoms with van der Waals surface area (Å²) in [5, 5.41) is 10.3. The fourth-order valence-electron chi connectivity index (χ4n) is 6.83.